The highest BCUT2D eigenvalue weighted by atomic mass is 16.6. The monoisotopic (exact) mass is 462 g/mol. The molecule has 3 atom stereocenters. The third kappa shape index (κ3) is 5.17. The molecule has 1 aliphatic carbocycles. The van der Waals surface area contributed by atoms with Crippen LogP contribution in [0, 0.1) is 5.92 Å². The van der Waals surface area contributed by atoms with Crippen molar-refractivity contribution < 1.29 is 19.1 Å². The van der Waals surface area contributed by atoms with Crippen LogP contribution >= 0.6 is 0 Å². The summed E-state index contributed by atoms with van der Waals surface area (Å²) in [7, 11) is 0. The lowest BCUT2D eigenvalue weighted by Crippen LogP contribution is -2.33. The summed E-state index contributed by atoms with van der Waals surface area (Å²) in [5.74, 6) is -1.26. The maximum Gasteiger partial charge on any atom is 0.338 e. The van der Waals surface area contributed by atoms with Crippen LogP contribution < -0.4 is 11.2 Å². The summed E-state index contributed by atoms with van der Waals surface area (Å²) >= 11 is 0. The zero-order valence-corrected chi connectivity index (χ0v) is 18.8. The molecule has 8 heteroatoms. The van der Waals surface area contributed by atoms with Gasteiger partial charge in [-0.3, -0.25) is 14.3 Å². The number of carbonyl (C=O) groups excluding carboxylic acids is 2. The topological polar surface area (TPSA) is 107 Å². The Labute approximate surface area is 196 Å². The summed E-state index contributed by atoms with van der Waals surface area (Å²) in [5.41, 5.74) is 0.431. The predicted molar refractivity (Wildman–Crippen MR) is 125 cm³/mol. The third-order valence-corrected chi connectivity index (χ3v) is 6.13. The molecule has 0 aliphatic heterocycles. The lowest BCUT2D eigenvalue weighted by atomic mass is 10.1. The van der Waals surface area contributed by atoms with Gasteiger partial charge in [-0.05, 0) is 37.1 Å². The second kappa shape index (κ2) is 10.3. The number of benzene rings is 2. The van der Waals surface area contributed by atoms with E-state index in [0.717, 1.165) is 0 Å². The summed E-state index contributed by atoms with van der Waals surface area (Å²) in [5, 5.41) is 0. The smallest absolute Gasteiger partial charge is 0.338 e. The molecule has 1 heterocycles. The minimum atomic E-state index is -0.565. The Bertz CT molecular complexity index is 1270. The molecule has 176 valence electrons. The second-order valence-electron chi connectivity index (χ2n) is 8.33. The molecule has 1 fully saturated rings. The van der Waals surface area contributed by atoms with Crippen molar-refractivity contribution in [2.45, 2.75) is 38.3 Å². The molecule has 0 spiro atoms. The van der Waals surface area contributed by atoms with Crippen LogP contribution in [-0.2, 0) is 15.9 Å². The molecular formula is C26H26N2O6. The Morgan fingerprint density at radius 1 is 0.941 bits per heavy atom. The van der Waals surface area contributed by atoms with Gasteiger partial charge in [0, 0.05) is 30.1 Å². The van der Waals surface area contributed by atoms with Gasteiger partial charge < -0.3 is 9.47 Å². The van der Waals surface area contributed by atoms with Crippen molar-refractivity contribution in [3.8, 4) is 0 Å². The standard InChI is InChI=1S/C26H26N2O6/c1-2-17-15-28(26(32)27-23(17)29)21-13-20(16-33-24(30)18-9-5-3-6-10-18)22(14-21)34-25(31)19-11-7-4-8-12-19/h3-12,15,20-22H,2,13-14,16H2,1H3,(H,27,29,32)/t20-,21-,22+/m1/s1. The number of esters is 2. The highest BCUT2D eigenvalue weighted by Crippen LogP contribution is 2.37. The number of nitrogens with zero attached hydrogens (tertiary/aromatic N) is 1. The van der Waals surface area contributed by atoms with E-state index in [1.54, 1.807) is 54.7 Å². The number of ether oxygens (including phenoxy) is 2. The number of rotatable bonds is 7. The Morgan fingerprint density at radius 3 is 2.18 bits per heavy atom. The number of aryl methyl sites for hydroxylation is 1. The van der Waals surface area contributed by atoms with E-state index in [2.05, 4.69) is 4.98 Å². The van der Waals surface area contributed by atoms with E-state index in [1.165, 1.54) is 4.57 Å². The molecule has 0 bridgehead atoms. The molecule has 3 aromatic rings. The zero-order valence-electron chi connectivity index (χ0n) is 18.8. The van der Waals surface area contributed by atoms with E-state index in [9.17, 15) is 19.2 Å². The van der Waals surface area contributed by atoms with E-state index < -0.39 is 29.3 Å². The normalized spacial score (nSPS) is 19.5. The van der Waals surface area contributed by atoms with Gasteiger partial charge in [0.25, 0.3) is 5.56 Å². The van der Waals surface area contributed by atoms with Gasteiger partial charge in [-0.15, -0.1) is 0 Å². The first-order valence-corrected chi connectivity index (χ1v) is 11.3. The van der Waals surface area contributed by atoms with Crippen molar-refractivity contribution in [1.29, 1.82) is 0 Å². The summed E-state index contributed by atoms with van der Waals surface area (Å²) in [6.45, 7) is 1.88. The largest absolute Gasteiger partial charge is 0.462 e. The van der Waals surface area contributed by atoms with Gasteiger partial charge in [-0.2, -0.15) is 0 Å². The minimum Gasteiger partial charge on any atom is -0.462 e. The van der Waals surface area contributed by atoms with Gasteiger partial charge in [0.05, 0.1) is 17.7 Å². The van der Waals surface area contributed by atoms with Gasteiger partial charge >= 0.3 is 17.6 Å². The second-order valence-corrected chi connectivity index (χ2v) is 8.33. The highest BCUT2D eigenvalue weighted by Gasteiger charge is 2.39. The summed E-state index contributed by atoms with van der Waals surface area (Å²) in [6, 6.07) is 17.0. The molecule has 2 aromatic carbocycles. The van der Waals surface area contributed by atoms with E-state index in [1.807, 2.05) is 19.1 Å². The van der Waals surface area contributed by atoms with Gasteiger partial charge in [0.1, 0.15) is 6.10 Å². The number of H-pyrrole nitrogens is 1. The molecule has 1 saturated carbocycles. The fourth-order valence-corrected chi connectivity index (χ4v) is 4.28. The number of hydrogen-bond acceptors (Lipinski definition) is 6. The van der Waals surface area contributed by atoms with Crippen molar-refractivity contribution in [3.05, 3.63) is 104 Å². The molecule has 34 heavy (non-hydrogen) atoms. The van der Waals surface area contributed by atoms with E-state index >= 15 is 0 Å². The zero-order chi connectivity index (χ0) is 24.1. The molecular weight excluding hydrogens is 436 g/mol. The summed E-state index contributed by atoms with van der Waals surface area (Å²) in [4.78, 5) is 52.0. The molecule has 1 aliphatic rings. The van der Waals surface area contributed by atoms with Gasteiger partial charge in [-0.1, -0.05) is 43.3 Å². The molecule has 0 unspecified atom stereocenters. The number of aromatic amines is 1. The number of hydrogen-bond donors (Lipinski definition) is 1. The summed E-state index contributed by atoms with van der Waals surface area (Å²) in [6.07, 6.45) is 2.29. The maximum atomic E-state index is 12.7. The number of nitrogens with one attached hydrogen (secondary N) is 1. The fraction of sp³-hybridized carbons (Fsp3) is 0.308. The van der Waals surface area contributed by atoms with Gasteiger partial charge in [0.15, 0.2) is 0 Å². The quantitative estimate of drug-likeness (QED) is 0.541. The Morgan fingerprint density at radius 2 is 1.56 bits per heavy atom. The van der Waals surface area contributed by atoms with Gasteiger partial charge in [0.2, 0.25) is 0 Å². The fourth-order valence-electron chi connectivity index (χ4n) is 4.28. The van der Waals surface area contributed by atoms with Gasteiger partial charge in [-0.25, -0.2) is 14.4 Å². The van der Waals surface area contributed by atoms with Crippen molar-refractivity contribution in [1.82, 2.24) is 9.55 Å². The van der Waals surface area contributed by atoms with Crippen molar-refractivity contribution >= 4 is 11.9 Å². The van der Waals surface area contributed by atoms with Crippen LogP contribution in [0.1, 0.15) is 52.1 Å². The molecule has 8 nitrogen and oxygen atoms in total. The van der Waals surface area contributed by atoms with Crippen LogP contribution in [-0.4, -0.2) is 34.2 Å². The summed E-state index contributed by atoms with van der Waals surface area (Å²) < 4.78 is 12.8. The molecule has 0 radical (unpaired) electrons. The predicted octanol–water partition coefficient (Wildman–Crippen LogP) is 3.13. The van der Waals surface area contributed by atoms with E-state index in [0.29, 0.717) is 36.0 Å². The lowest BCUT2D eigenvalue weighted by Gasteiger charge is -2.19. The molecule has 4 rings (SSSR count). The van der Waals surface area contributed by atoms with Crippen LogP contribution in [0.25, 0.3) is 0 Å². The number of aromatic nitrogens is 2. The first-order valence-electron chi connectivity index (χ1n) is 11.3. The Hall–Kier alpha value is -3.94. The van der Waals surface area contributed by atoms with Crippen LogP contribution in [0.4, 0.5) is 0 Å². The maximum absolute atomic E-state index is 12.7. The van der Waals surface area contributed by atoms with Crippen molar-refractivity contribution in [3.63, 3.8) is 0 Å². The average molecular weight is 463 g/mol. The molecule has 0 saturated heterocycles. The Kier molecular flexibility index (Phi) is 7.06. The first-order chi connectivity index (χ1) is 16.5. The third-order valence-electron chi connectivity index (χ3n) is 6.13. The van der Waals surface area contributed by atoms with E-state index in [4.69, 9.17) is 9.47 Å². The van der Waals surface area contributed by atoms with Crippen molar-refractivity contribution in [2.24, 2.45) is 5.92 Å². The SMILES string of the molecule is CCc1cn([C@@H]2C[C@H](COC(=O)c3ccccc3)[C@@H](OC(=O)c3ccccc3)C2)c(=O)[nH]c1=O. The van der Waals surface area contributed by atoms with Crippen LogP contribution in [0.2, 0.25) is 0 Å². The first kappa shape index (κ1) is 23.2. The van der Waals surface area contributed by atoms with E-state index in [-0.39, 0.29) is 18.6 Å². The van der Waals surface area contributed by atoms with Crippen molar-refractivity contribution in [2.75, 3.05) is 6.61 Å². The Balaban J connectivity index is 1.55. The lowest BCUT2D eigenvalue weighted by molar-refractivity contribution is 0.00476. The molecule has 1 N–H and O–H groups in total. The van der Waals surface area contributed by atoms with Crippen LogP contribution in [0.3, 0.4) is 0 Å². The molecule has 0 amide bonds. The number of carbonyl (C=O) groups is 2. The minimum absolute atomic E-state index is 0.0374. The van der Waals surface area contributed by atoms with Crippen LogP contribution in [0.5, 0.6) is 0 Å². The molecule has 1 aromatic heterocycles. The highest BCUT2D eigenvalue weighted by molar-refractivity contribution is 5.90. The van der Waals surface area contributed by atoms with Crippen LogP contribution in [0.15, 0.2) is 76.4 Å². The average Bonchev–Trinajstić information content (AvgIpc) is 3.25.